The smallest absolute Gasteiger partial charge is 0.106 e. The highest BCUT2D eigenvalue weighted by Crippen LogP contribution is 2.40. The molecule has 1 aliphatic heterocycles. The maximum atomic E-state index is 9.89. The van der Waals surface area contributed by atoms with E-state index in [0.717, 1.165) is 11.4 Å². The number of nitrogens with zero attached hydrogens (tertiary/aromatic N) is 2. The van der Waals surface area contributed by atoms with Gasteiger partial charge in [0.1, 0.15) is 6.67 Å². The van der Waals surface area contributed by atoms with Crippen molar-refractivity contribution < 1.29 is 5.11 Å². The van der Waals surface area contributed by atoms with Crippen molar-refractivity contribution in [2.24, 2.45) is 5.84 Å². The molecule has 3 rings (SSSR count). The molecule has 4 nitrogen and oxygen atoms in total. The molecule has 0 radical (unpaired) electrons. The topological polar surface area (TPSA) is 52.7 Å². The fraction of sp³-hybridized carbons (Fsp3) is 0.294. The van der Waals surface area contributed by atoms with E-state index < -0.39 is 0 Å². The van der Waals surface area contributed by atoms with Crippen LogP contribution in [0.4, 0.5) is 11.4 Å². The minimum atomic E-state index is -0.366. The second-order valence-corrected chi connectivity index (χ2v) is 5.58. The minimum Gasteiger partial charge on any atom is -0.393 e. The molecular weight excluding hydrogens is 262 g/mol. The lowest BCUT2D eigenvalue weighted by Gasteiger charge is -2.31. The van der Waals surface area contributed by atoms with Crippen LogP contribution in [0.5, 0.6) is 0 Å². The summed E-state index contributed by atoms with van der Waals surface area (Å²) in [6.07, 6.45) is 0.306. The molecule has 1 aliphatic rings. The van der Waals surface area contributed by atoms with Crippen molar-refractivity contribution in [2.45, 2.75) is 25.5 Å². The van der Waals surface area contributed by atoms with Gasteiger partial charge < -0.3 is 10.0 Å². The van der Waals surface area contributed by atoms with Crippen LogP contribution < -0.4 is 15.8 Å². The zero-order valence-corrected chi connectivity index (χ0v) is 12.2. The molecule has 0 fully saturated rings. The van der Waals surface area contributed by atoms with Gasteiger partial charge in [0.25, 0.3) is 0 Å². The number of aliphatic hydroxyl groups is 1. The van der Waals surface area contributed by atoms with E-state index in [-0.39, 0.29) is 12.1 Å². The summed E-state index contributed by atoms with van der Waals surface area (Å²) in [6, 6.07) is 18.5. The molecule has 0 amide bonds. The summed E-state index contributed by atoms with van der Waals surface area (Å²) < 4.78 is 0. The number of rotatable bonds is 4. The predicted molar refractivity (Wildman–Crippen MR) is 85.9 cm³/mol. The number of anilines is 2. The van der Waals surface area contributed by atoms with E-state index in [1.54, 1.807) is 5.01 Å². The highest BCUT2D eigenvalue weighted by atomic mass is 16.3. The molecule has 0 saturated carbocycles. The quantitative estimate of drug-likeness (QED) is 0.847. The number of benzene rings is 2. The summed E-state index contributed by atoms with van der Waals surface area (Å²) >= 11 is 0. The maximum absolute atomic E-state index is 9.89. The third-order valence-electron chi connectivity index (χ3n) is 3.93. The van der Waals surface area contributed by atoms with Gasteiger partial charge in [-0.15, -0.1) is 0 Å². The van der Waals surface area contributed by atoms with E-state index in [9.17, 15) is 5.11 Å². The molecule has 21 heavy (non-hydrogen) atoms. The molecule has 2 unspecified atom stereocenters. The van der Waals surface area contributed by atoms with Gasteiger partial charge in [-0.1, -0.05) is 42.5 Å². The van der Waals surface area contributed by atoms with Crippen molar-refractivity contribution in [2.75, 3.05) is 16.6 Å². The van der Waals surface area contributed by atoms with E-state index in [2.05, 4.69) is 23.1 Å². The first-order chi connectivity index (χ1) is 10.2. The first kappa shape index (κ1) is 13.9. The monoisotopic (exact) mass is 283 g/mol. The van der Waals surface area contributed by atoms with Gasteiger partial charge in [-0.2, -0.15) is 0 Å². The first-order valence-electron chi connectivity index (χ1n) is 7.27. The zero-order chi connectivity index (χ0) is 14.8. The van der Waals surface area contributed by atoms with Gasteiger partial charge in [-0.3, -0.25) is 5.01 Å². The third kappa shape index (κ3) is 2.73. The molecule has 0 spiro atoms. The Labute approximate surface area is 125 Å². The van der Waals surface area contributed by atoms with Crippen LogP contribution in [0.1, 0.15) is 24.9 Å². The van der Waals surface area contributed by atoms with Gasteiger partial charge >= 0.3 is 0 Å². The Hall–Kier alpha value is -2.04. The minimum absolute atomic E-state index is 0.112. The Morgan fingerprint density at radius 3 is 2.33 bits per heavy atom. The van der Waals surface area contributed by atoms with Crippen LogP contribution in [-0.2, 0) is 0 Å². The molecule has 3 N–H and O–H groups in total. The van der Waals surface area contributed by atoms with Crippen LogP contribution in [0.25, 0.3) is 0 Å². The summed E-state index contributed by atoms with van der Waals surface area (Å²) in [7, 11) is 0. The average molecular weight is 283 g/mol. The summed E-state index contributed by atoms with van der Waals surface area (Å²) in [5, 5.41) is 11.6. The largest absolute Gasteiger partial charge is 0.393 e. The van der Waals surface area contributed by atoms with Crippen LogP contribution in [-0.4, -0.2) is 17.9 Å². The fourth-order valence-corrected chi connectivity index (χ4v) is 2.97. The lowest BCUT2D eigenvalue weighted by Crippen LogP contribution is -2.38. The molecule has 4 heteroatoms. The van der Waals surface area contributed by atoms with Crippen LogP contribution in [0.3, 0.4) is 0 Å². The van der Waals surface area contributed by atoms with Gasteiger partial charge in [-0.05, 0) is 31.0 Å². The van der Waals surface area contributed by atoms with Crippen molar-refractivity contribution in [1.82, 2.24) is 0 Å². The SMILES string of the molecule is CC(O)CC(c1ccccc1)N1CN(N)c2ccccc21. The van der Waals surface area contributed by atoms with E-state index in [0.29, 0.717) is 13.1 Å². The van der Waals surface area contributed by atoms with Gasteiger partial charge in [0.2, 0.25) is 0 Å². The fourth-order valence-electron chi connectivity index (χ4n) is 2.97. The normalized spacial score (nSPS) is 16.7. The molecule has 0 aromatic heterocycles. The van der Waals surface area contributed by atoms with Gasteiger partial charge in [0.15, 0.2) is 0 Å². The van der Waals surface area contributed by atoms with Crippen LogP contribution >= 0.6 is 0 Å². The molecule has 0 saturated heterocycles. The number of nitrogens with two attached hydrogens (primary N) is 1. The van der Waals surface area contributed by atoms with Crippen LogP contribution in [0.15, 0.2) is 54.6 Å². The van der Waals surface area contributed by atoms with Gasteiger partial charge in [-0.25, -0.2) is 5.84 Å². The average Bonchev–Trinajstić information content (AvgIpc) is 2.83. The molecule has 2 aromatic carbocycles. The number of para-hydroxylation sites is 2. The molecule has 2 atom stereocenters. The Balaban J connectivity index is 1.98. The van der Waals surface area contributed by atoms with E-state index >= 15 is 0 Å². The van der Waals surface area contributed by atoms with E-state index in [1.165, 1.54) is 5.56 Å². The van der Waals surface area contributed by atoms with Crippen LogP contribution in [0.2, 0.25) is 0 Å². The summed E-state index contributed by atoms with van der Waals surface area (Å²) in [5.41, 5.74) is 3.35. The Kier molecular flexibility index (Phi) is 3.82. The lowest BCUT2D eigenvalue weighted by atomic mass is 9.99. The van der Waals surface area contributed by atoms with Gasteiger partial charge in [0.05, 0.1) is 23.5 Å². The van der Waals surface area contributed by atoms with Crippen molar-refractivity contribution in [3.05, 3.63) is 60.2 Å². The molecule has 2 aromatic rings. The van der Waals surface area contributed by atoms with E-state index in [1.807, 2.05) is 43.3 Å². The van der Waals surface area contributed by atoms with Crippen molar-refractivity contribution in [3.8, 4) is 0 Å². The third-order valence-corrected chi connectivity index (χ3v) is 3.93. The van der Waals surface area contributed by atoms with Crippen molar-refractivity contribution >= 4 is 11.4 Å². The Bertz CT molecular complexity index is 600. The van der Waals surface area contributed by atoms with Crippen molar-refractivity contribution in [3.63, 3.8) is 0 Å². The van der Waals surface area contributed by atoms with Crippen LogP contribution in [0, 0.1) is 0 Å². The summed E-state index contributed by atoms with van der Waals surface area (Å²) in [6.45, 7) is 2.46. The first-order valence-corrected chi connectivity index (χ1v) is 7.27. The number of hydrogen-bond donors (Lipinski definition) is 2. The lowest BCUT2D eigenvalue weighted by molar-refractivity contribution is 0.173. The number of fused-ring (bicyclic) bond motifs is 1. The Morgan fingerprint density at radius 2 is 1.67 bits per heavy atom. The molecule has 110 valence electrons. The summed E-state index contributed by atoms with van der Waals surface area (Å²) in [4.78, 5) is 2.26. The number of hydrazine groups is 1. The molecular formula is C17H21N3O. The van der Waals surface area contributed by atoms with E-state index in [4.69, 9.17) is 5.84 Å². The second-order valence-electron chi connectivity index (χ2n) is 5.58. The van der Waals surface area contributed by atoms with Crippen molar-refractivity contribution in [1.29, 1.82) is 0 Å². The number of hydrogen-bond acceptors (Lipinski definition) is 4. The highest BCUT2D eigenvalue weighted by Gasteiger charge is 2.30. The highest BCUT2D eigenvalue weighted by molar-refractivity contribution is 5.76. The second kappa shape index (κ2) is 5.76. The van der Waals surface area contributed by atoms with Gasteiger partial charge in [0, 0.05) is 0 Å². The molecule has 0 aliphatic carbocycles. The molecule has 1 heterocycles. The number of aliphatic hydroxyl groups excluding tert-OH is 1. The summed E-state index contributed by atoms with van der Waals surface area (Å²) in [5.74, 6) is 6.11. The zero-order valence-electron chi connectivity index (χ0n) is 12.2. The molecule has 0 bridgehead atoms. The Morgan fingerprint density at radius 1 is 1.05 bits per heavy atom. The standard InChI is InChI=1S/C17H21N3O/c1-13(21)11-17(14-7-3-2-4-8-14)19-12-20(18)16-10-6-5-9-15(16)19/h2-10,13,17,21H,11-12,18H2,1H3. The maximum Gasteiger partial charge on any atom is 0.106 e. The predicted octanol–water partition coefficient (Wildman–Crippen LogP) is 2.66.